The molecule has 0 aliphatic heterocycles. The summed E-state index contributed by atoms with van der Waals surface area (Å²) in [4.78, 5) is 11.4. The minimum absolute atomic E-state index is 0.185. The van der Waals surface area contributed by atoms with Gasteiger partial charge in [0.05, 0.1) is 6.61 Å². The summed E-state index contributed by atoms with van der Waals surface area (Å²) in [6.07, 6.45) is -11.1. The molecule has 0 saturated carbocycles. The number of ether oxygens (including phenoxy) is 2. The molecule has 32 heavy (non-hydrogen) atoms. The quantitative estimate of drug-likeness (QED) is 0.221. The number of carbonyl (C=O) groups excluding carboxylic acids is 1. The molecule has 0 heterocycles. The van der Waals surface area contributed by atoms with Gasteiger partial charge in [0.15, 0.2) is 0 Å². The fourth-order valence-corrected chi connectivity index (χ4v) is 1.97. The second kappa shape index (κ2) is 10.2. The van der Waals surface area contributed by atoms with Crippen molar-refractivity contribution in [3.63, 3.8) is 0 Å². The van der Waals surface area contributed by atoms with E-state index < -0.39 is 67.2 Å². The number of carbonyl (C=O) groups is 1. The maximum atomic E-state index is 13.6. The highest BCUT2D eigenvalue weighted by atomic mass is 19.4. The number of halogens is 13. The Hall–Kier alpha value is -1.52. The van der Waals surface area contributed by atoms with E-state index in [2.05, 4.69) is 4.74 Å². The first-order chi connectivity index (χ1) is 14.1. The van der Waals surface area contributed by atoms with Crippen molar-refractivity contribution in [2.75, 3.05) is 19.8 Å². The summed E-state index contributed by atoms with van der Waals surface area (Å²) in [7, 11) is 0. The smallest absolute Gasteiger partial charge is 0.460 e. The molecule has 0 spiro atoms. The van der Waals surface area contributed by atoms with Gasteiger partial charge in [-0.1, -0.05) is 6.92 Å². The Morgan fingerprint density at radius 2 is 1.22 bits per heavy atom. The number of nitrogens with two attached hydrogens (primary N) is 1. The topological polar surface area (TPSA) is 61.5 Å². The molecule has 0 fully saturated rings. The summed E-state index contributed by atoms with van der Waals surface area (Å²) >= 11 is 0. The van der Waals surface area contributed by atoms with Crippen LogP contribution >= 0.6 is 0 Å². The van der Waals surface area contributed by atoms with Crippen LogP contribution < -0.4 is 5.73 Å². The fourth-order valence-electron chi connectivity index (χ4n) is 1.97. The van der Waals surface area contributed by atoms with Gasteiger partial charge in [0, 0.05) is 13.0 Å². The van der Waals surface area contributed by atoms with Crippen molar-refractivity contribution in [2.24, 2.45) is 5.73 Å². The SMILES string of the molecule is CCCOCCOC(=O)C(N)CCC(F)(F)C(F)(F)C(F)(F)C(F)(F)C(F)(F)C(F)(F)F. The van der Waals surface area contributed by atoms with Gasteiger partial charge in [0.25, 0.3) is 0 Å². The molecule has 0 aromatic rings. The first-order valence-corrected chi connectivity index (χ1v) is 8.57. The molecule has 17 heteroatoms. The number of alkyl halides is 13. The maximum absolute atomic E-state index is 13.6. The van der Waals surface area contributed by atoms with Gasteiger partial charge in [0.1, 0.15) is 12.6 Å². The third-order valence-electron chi connectivity index (χ3n) is 3.89. The van der Waals surface area contributed by atoms with Crippen molar-refractivity contribution in [3.05, 3.63) is 0 Å². The molecule has 0 bridgehead atoms. The number of rotatable bonds is 13. The zero-order valence-corrected chi connectivity index (χ0v) is 16.0. The summed E-state index contributed by atoms with van der Waals surface area (Å²) in [6, 6.07) is -2.17. The fraction of sp³-hybridized carbons (Fsp3) is 0.933. The van der Waals surface area contributed by atoms with Crippen LogP contribution in [0.5, 0.6) is 0 Å². The predicted octanol–water partition coefficient (Wildman–Crippen LogP) is 4.80. The van der Waals surface area contributed by atoms with E-state index >= 15 is 0 Å². The lowest BCUT2D eigenvalue weighted by atomic mass is 9.91. The summed E-state index contributed by atoms with van der Waals surface area (Å²) in [6.45, 7) is 1.31. The van der Waals surface area contributed by atoms with Crippen molar-refractivity contribution in [1.82, 2.24) is 0 Å². The van der Waals surface area contributed by atoms with Crippen LogP contribution in [0.15, 0.2) is 0 Å². The Labute approximate surface area is 172 Å². The van der Waals surface area contributed by atoms with Crippen LogP contribution in [-0.2, 0) is 14.3 Å². The maximum Gasteiger partial charge on any atom is 0.460 e. The van der Waals surface area contributed by atoms with E-state index in [1.807, 2.05) is 0 Å². The van der Waals surface area contributed by atoms with Crippen LogP contribution in [0.1, 0.15) is 26.2 Å². The lowest BCUT2D eigenvalue weighted by Gasteiger charge is -2.39. The molecule has 1 atom stereocenters. The molecule has 0 aromatic carbocycles. The summed E-state index contributed by atoms with van der Waals surface area (Å²) < 4.78 is 178. The lowest BCUT2D eigenvalue weighted by Crippen LogP contribution is -2.70. The van der Waals surface area contributed by atoms with E-state index in [0.29, 0.717) is 6.42 Å². The van der Waals surface area contributed by atoms with Crippen molar-refractivity contribution in [1.29, 1.82) is 0 Å². The van der Waals surface area contributed by atoms with Crippen LogP contribution in [0.25, 0.3) is 0 Å². The summed E-state index contributed by atoms with van der Waals surface area (Å²) in [5, 5.41) is 0. The normalized spacial score (nSPS) is 15.6. The molecule has 0 aromatic heterocycles. The molecule has 4 nitrogen and oxygen atoms in total. The highest BCUT2D eigenvalue weighted by Crippen LogP contribution is 2.60. The second-order valence-electron chi connectivity index (χ2n) is 6.42. The Morgan fingerprint density at radius 1 is 0.750 bits per heavy atom. The van der Waals surface area contributed by atoms with Gasteiger partial charge in [-0.25, -0.2) is 0 Å². The van der Waals surface area contributed by atoms with Crippen molar-refractivity contribution >= 4 is 5.97 Å². The molecule has 0 rings (SSSR count). The van der Waals surface area contributed by atoms with Crippen LogP contribution in [0.3, 0.4) is 0 Å². The second-order valence-corrected chi connectivity index (χ2v) is 6.42. The van der Waals surface area contributed by atoms with Gasteiger partial charge < -0.3 is 15.2 Å². The standard InChI is InChI=1S/C15H18F13NO3/c1-2-5-31-6-7-32-9(30)8(29)3-4-10(16,17)11(18,19)12(20,21)13(22,23)14(24,25)15(26,27)28/h8H,2-7,29H2,1H3. The van der Waals surface area contributed by atoms with Gasteiger partial charge in [-0.2, -0.15) is 57.1 Å². The third kappa shape index (κ3) is 5.88. The van der Waals surface area contributed by atoms with Gasteiger partial charge >= 0.3 is 41.8 Å². The van der Waals surface area contributed by atoms with Crippen molar-refractivity contribution in [2.45, 2.75) is 68.0 Å². The largest absolute Gasteiger partial charge is 0.462 e. The van der Waals surface area contributed by atoms with Gasteiger partial charge in [-0.05, 0) is 12.8 Å². The lowest BCUT2D eigenvalue weighted by molar-refractivity contribution is -0.440. The number of hydrogen-bond donors (Lipinski definition) is 1. The predicted molar refractivity (Wildman–Crippen MR) is 80.1 cm³/mol. The Kier molecular flexibility index (Phi) is 9.69. The zero-order chi connectivity index (χ0) is 25.8. The molecular formula is C15H18F13NO3. The van der Waals surface area contributed by atoms with Crippen molar-refractivity contribution in [3.8, 4) is 0 Å². The van der Waals surface area contributed by atoms with Crippen LogP contribution in [0, 0.1) is 0 Å². The molecule has 192 valence electrons. The van der Waals surface area contributed by atoms with E-state index in [-0.39, 0.29) is 13.2 Å². The van der Waals surface area contributed by atoms with Gasteiger partial charge in [0.2, 0.25) is 0 Å². The Morgan fingerprint density at radius 3 is 1.66 bits per heavy atom. The molecule has 0 amide bonds. The number of hydrogen-bond acceptors (Lipinski definition) is 4. The van der Waals surface area contributed by atoms with Crippen molar-refractivity contribution < 1.29 is 71.3 Å². The van der Waals surface area contributed by atoms with E-state index in [1.165, 1.54) is 0 Å². The Balaban J connectivity index is 5.41. The molecule has 0 aliphatic rings. The third-order valence-corrected chi connectivity index (χ3v) is 3.89. The molecule has 2 N–H and O–H groups in total. The molecule has 0 aliphatic carbocycles. The van der Waals surface area contributed by atoms with Crippen LogP contribution in [-0.4, -0.2) is 67.6 Å². The van der Waals surface area contributed by atoms with Crippen LogP contribution in [0.2, 0.25) is 0 Å². The van der Waals surface area contributed by atoms with Gasteiger partial charge in [-0.15, -0.1) is 0 Å². The van der Waals surface area contributed by atoms with E-state index in [0.717, 1.165) is 0 Å². The minimum atomic E-state index is -7.97. The summed E-state index contributed by atoms with van der Waals surface area (Å²) in [5.74, 6) is -38.8. The minimum Gasteiger partial charge on any atom is -0.462 e. The summed E-state index contributed by atoms with van der Waals surface area (Å²) in [5.41, 5.74) is 5.03. The zero-order valence-electron chi connectivity index (χ0n) is 16.0. The average molecular weight is 507 g/mol. The molecular weight excluding hydrogens is 489 g/mol. The molecule has 0 saturated heterocycles. The Bertz CT molecular complexity index is 622. The number of esters is 1. The highest BCUT2D eigenvalue weighted by Gasteiger charge is 2.90. The van der Waals surface area contributed by atoms with Gasteiger partial charge in [-0.3, -0.25) is 4.79 Å². The van der Waals surface area contributed by atoms with E-state index in [1.54, 1.807) is 6.92 Å². The van der Waals surface area contributed by atoms with Crippen LogP contribution in [0.4, 0.5) is 57.1 Å². The first-order valence-electron chi connectivity index (χ1n) is 8.57. The van der Waals surface area contributed by atoms with E-state index in [4.69, 9.17) is 10.5 Å². The molecule has 1 unspecified atom stereocenters. The monoisotopic (exact) mass is 507 g/mol. The average Bonchev–Trinajstić information content (AvgIpc) is 2.64. The molecule has 0 radical (unpaired) electrons. The van der Waals surface area contributed by atoms with E-state index in [9.17, 15) is 61.9 Å². The highest BCUT2D eigenvalue weighted by molar-refractivity contribution is 5.75. The first kappa shape index (κ1) is 30.5.